The monoisotopic (exact) mass is 351 g/mol. The highest BCUT2D eigenvalue weighted by Gasteiger charge is 2.33. The van der Waals surface area contributed by atoms with Gasteiger partial charge in [0, 0.05) is 28.2 Å². The van der Waals surface area contributed by atoms with Gasteiger partial charge in [0.2, 0.25) is 0 Å². The van der Waals surface area contributed by atoms with Crippen molar-refractivity contribution in [2.75, 3.05) is 18.1 Å². The fraction of sp³-hybridized carbons (Fsp3) is 0.462. The van der Waals surface area contributed by atoms with Crippen molar-refractivity contribution >= 4 is 39.0 Å². The second-order valence-corrected chi connectivity index (χ2v) is 8.10. The summed E-state index contributed by atoms with van der Waals surface area (Å²) in [7, 11) is -3.09. The maximum Gasteiger partial charge on any atom is 0.317 e. The molecule has 8 heteroatoms. The molecule has 5 nitrogen and oxygen atoms in total. The lowest BCUT2D eigenvalue weighted by Crippen LogP contribution is -2.39. The number of aliphatic carboxylic acids is 1. The molecule has 1 aromatic carbocycles. The quantitative estimate of drug-likeness (QED) is 0.878. The highest BCUT2D eigenvalue weighted by molar-refractivity contribution is 7.91. The highest BCUT2D eigenvalue weighted by Crippen LogP contribution is 2.28. The highest BCUT2D eigenvalue weighted by atomic mass is 35.5. The van der Waals surface area contributed by atoms with E-state index in [4.69, 9.17) is 28.3 Å². The number of carbonyl (C=O) groups is 1. The van der Waals surface area contributed by atoms with Crippen molar-refractivity contribution in [3.8, 4) is 0 Å². The van der Waals surface area contributed by atoms with Gasteiger partial charge < -0.3 is 5.11 Å². The average Bonchev–Trinajstić information content (AvgIpc) is 2.72. The predicted molar refractivity (Wildman–Crippen MR) is 81.6 cm³/mol. The number of sulfone groups is 1. The van der Waals surface area contributed by atoms with Crippen LogP contribution in [0.15, 0.2) is 18.2 Å². The number of rotatable bonds is 5. The van der Waals surface area contributed by atoms with Crippen molar-refractivity contribution < 1.29 is 18.3 Å². The Balaban J connectivity index is 2.23. The lowest BCUT2D eigenvalue weighted by Gasteiger charge is -2.27. The molecule has 0 spiro atoms. The minimum absolute atomic E-state index is 0.0254. The number of hydrogen-bond donors (Lipinski definition) is 1. The second kappa shape index (κ2) is 6.52. The number of halogens is 2. The van der Waals surface area contributed by atoms with Gasteiger partial charge in [-0.25, -0.2) is 8.42 Å². The number of carboxylic acids is 1. The zero-order valence-corrected chi connectivity index (χ0v) is 13.5. The third-order valence-corrected chi connectivity index (χ3v) is 5.94. The van der Waals surface area contributed by atoms with E-state index < -0.39 is 15.8 Å². The van der Waals surface area contributed by atoms with E-state index >= 15 is 0 Å². The van der Waals surface area contributed by atoms with E-state index in [9.17, 15) is 13.2 Å². The van der Waals surface area contributed by atoms with Crippen LogP contribution in [-0.2, 0) is 21.2 Å². The fourth-order valence-electron chi connectivity index (χ4n) is 2.44. The topological polar surface area (TPSA) is 74.7 Å². The molecule has 0 bridgehead atoms. The molecule has 0 radical (unpaired) electrons. The summed E-state index contributed by atoms with van der Waals surface area (Å²) >= 11 is 12.2. The van der Waals surface area contributed by atoms with Crippen molar-refractivity contribution in [3.63, 3.8) is 0 Å². The van der Waals surface area contributed by atoms with Crippen molar-refractivity contribution in [2.24, 2.45) is 0 Å². The van der Waals surface area contributed by atoms with Crippen LogP contribution >= 0.6 is 23.2 Å². The van der Waals surface area contributed by atoms with E-state index in [2.05, 4.69) is 0 Å². The Labute approximate surface area is 133 Å². The predicted octanol–water partition coefficient (Wildman–Crippen LogP) is 2.07. The molecule has 1 saturated heterocycles. The van der Waals surface area contributed by atoms with E-state index in [-0.39, 0.29) is 30.6 Å². The molecule has 1 aliphatic rings. The molecular formula is C13H15Cl2NO4S. The number of benzene rings is 1. The van der Waals surface area contributed by atoms with Crippen molar-refractivity contribution in [3.05, 3.63) is 33.8 Å². The first-order valence-electron chi connectivity index (χ1n) is 6.37. The Morgan fingerprint density at radius 1 is 1.33 bits per heavy atom. The zero-order chi connectivity index (χ0) is 15.6. The summed E-state index contributed by atoms with van der Waals surface area (Å²) in [5.41, 5.74) is 0.617. The summed E-state index contributed by atoms with van der Waals surface area (Å²) < 4.78 is 23.2. The third kappa shape index (κ3) is 4.32. The van der Waals surface area contributed by atoms with Gasteiger partial charge in [-0.05, 0) is 18.6 Å². The number of hydrogen-bond acceptors (Lipinski definition) is 4. The van der Waals surface area contributed by atoms with Crippen molar-refractivity contribution in [2.45, 2.75) is 19.0 Å². The van der Waals surface area contributed by atoms with Gasteiger partial charge in [-0.2, -0.15) is 0 Å². The number of carboxylic acid groups (broad SMARTS) is 1. The summed E-state index contributed by atoms with van der Waals surface area (Å²) in [5.74, 6) is -0.950. The van der Waals surface area contributed by atoms with Crippen LogP contribution < -0.4 is 0 Å². The number of nitrogens with zero attached hydrogens (tertiary/aromatic N) is 1. The summed E-state index contributed by atoms with van der Waals surface area (Å²) in [4.78, 5) is 12.6. The molecule has 1 unspecified atom stereocenters. The van der Waals surface area contributed by atoms with Gasteiger partial charge in [-0.3, -0.25) is 9.69 Å². The summed E-state index contributed by atoms with van der Waals surface area (Å²) in [6.45, 7) is -0.0350. The average molecular weight is 352 g/mol. The largest absolute Gasteiger partial charge is 0.480 e. The van der Waals surface area contributed by atoms with Gasteiger partial charge >= 0.3 is 5.97 Å². The van der Waals surface area contributed by atoms with E-state index in [1.807, 2.05) is 0 Å². The molecule has 1 heterocycles. The fourth-order valence-corrected chi connectivity index (χ4v) is 4.72. The van der Waals surface area contributed by atoms with Crippen LogP contribution in [0, 0.1) is 0 Å². The first-order valence-corrected chi connectivity index (χ1v) is 8.95. The molecule has 0 aliphatic carbocycles. The lowest BCUT2D eigenvalue weighted by atomic mass is 10.1. The molecule has 0 aromatic heterocycles. The van der Waals surface area contributed by atoms with Crippen LogP contribution in [0.2, 0.25) is 10.0 Å². The minimum Gasteiger partial charge on any atom is -0.480 e. The molecule has 1 atom stereocenters. The zero-order valence-electron chi connectivity index (χ0n) is 11.1. The smallest absolute Gasteiger partial charge is 0.317 e. The Kier molecular flexibility index (Phi) is 5.14. The van der Waals surface area contributed by atoms with E-state index in [0.29, 0.717) is 22.0 Å². The SMILES string of the molecule is O=C(O)CN(Cc1c(Cl)cccc1Cl)C1CCS(=O)(=O)C1. The van der Waals surface area contributed by atoms with E-state index in [1.165, 1.54) is 0 Å². The van der Waals surface area contributed by atoms with Crippen LogP contribution in [0.4, 0.5) is 0 Å². The first-order chi connectivity index (χ1) is 9.78. The molecule has 1 aliphatic heterocycles. The summed E-state index contributed by atoms with van der Waals surface area (Å²) in [6, 6.07) is 4.73. The van der Waals surface area contributed by atoms with Gasteiger partial charge in [0.25, 0.3) is 0 Å². The van der Waals surface area contributed by atoms with Gasteiger partial charge in [0.05, 0.1) is 18.1 Å². The third-order valence-electron chi connectivity index (χ3n) is 3.49. The lowest BCUT2D eigenvalue weighted by molar-refractivity contribution is -0.139. The van der Waals surface area contributed by atoms with Crippen LogP contribution in [0.1, 0.15) is 12.0 Å². The normalized spacial score (nSPS) is 20.8. The Bertz CT molecular complexity index is 627. The molecule has 2 rings (SSSR count). The Hall–Kier alpha value is -0.820. The van der Waals surface area contributed by atoms with Crippen LogP contribution in [0.3, 0.4) is 0 Å². The van der Waals surface area contributed by atoms with Crippen LogP contribution in [0.25, 0.3) is 0 Å². The van der Waals surface area contributed by atoms with Crippen LogP contribution in [0.5, 0.6) is 0 Å². The Morgan fingerprint density at radius 3 is 2.43 bits per heavy atom. The molecule has 0 saturated carbocycles. The molecule has 21 heavy (non-hydrogen) atoms. The standard InChI is InChI=1S/C13H15Cl2NO4S/c14-11-2-1-3-12(15)10(11)6-16(7-13(17)18)9-4-5-21(19,20)8-9/h1-3,9H,4-8H2,(H,17,18). The molecule has 1 aromatic rings. The molecule has 1 fully saturated rings. The van der Waals surface area contributed by atoms with Crippen LogP contribution in [-0.4, -0.2) is 48.5 Å². The first kappa shape index (κ1) is 16.5. The second-order valence-electron chi connectivity index (χ2n) is 5.06. The maximum atomic E-state index is 11.6. The van der Waals surface area contributed by atoms with E-state index in [1.54, 1.807) is 23.1 Å². The molecule has 1 N–H and O–H groups in total. The van der Waals surface area contributed by atoms with Crippen molar-refractivity contribution in [1.29, 1.82) is 0 Å². The van der Waals surface area contributed by atoms with E-state index in [0.717, 1.165) is 0 Å². The summed E-state index contributed by atoms with van der Waals surface area (Å²) in [6.07, 6.45) is 0.428. The van der Waals surface area contributed by atoms with Crippen molar-refractivity contribution in [1.82, 2.24) is 4.90 Å². The Morgan fingerprint density at radius 2 is 1.95 bits per heavy atom. The maximum absolute atomic E-state index is 11.6. The van der Waals surface area contributed by atoms with Gasteiger partial charge in [-0.1, -0.05) is 29.3 Å². The summed E-state index contributed by atoms with van der Waals surface area (Å²) in [5, 5.41) is 9.92. The van der Waals surface area contributed by atoms with Gasteiger partial charge in [0.15, 0.2) is 9.84 Å². The molecule has 116 valence electrons. The van der Waals surface area contributed by atoms with Gasteiger partial charge in [-0.15, -0.1) is 0 Å². The molecule has 0 amide bonds. The van der Waals surface area contributed by atoms with Gasteiger partial charge in [0.1, 0.15) is 0 Å². The molecular weight excluding hydrogens is 337 g/mol. The minimum atomic E-state index is -3.09.